The van der Waals surface area contributed by atoms with Crippen molar-refractivity contribution < 1.29 is 14.4 Å². The van der Waals surface area contributed by atoms with E-state index in [4.69, 9.17) is 0 Å². The Bertz CT molecular complexity index is 1110. The number of carbonyl (C=O) groups excluding carboxylic acids is 3. The minimum Gasteiger partial charge on any atom is -0.353 e. The summed E-state index contributed by atoms with van der Waals surface area (Å²) in [6.07, 6.45) is 2.97. The van der Waals surface area contributed by atoms with Crippen LogP contribution >= 0.6 is 11.8 Å². The minimum atomic E-state index is -0.632. The first-order valence-electron chi connectivity index (χ1n) is 8.51. The maximum atomic E-state index is 12.4. The van der Waals surface area contributed by atoms with Gasteiger partial charge in [-0.1, -0.05) is 12.1 Å². The van der Waals surface area contributed by atoms with Gasteiger partial charge in [0.2, 0.25) is 11.8 Å². The Hall–Kier alpha value is -3.27. The summed E-state index contributed by atoms with van der Waals surface area (Å²) in [6, 6.07) is 6.25. The van der Waals surface area contributed by atoms with Crippen LogP contribution in [0.25, 0.3) is 10.9 Å². The van der Waals surface area contributed by atoms with Crippen LogP contribution in [0.15, 0.2) is 51.9 Å². The van der Waals surface area contributed by atoms with Crippen LogP contribution in [0.5, 0.6) is 0 Å². The Morgan fingerprint density at radius 3 is 2.89 bits per heavy atom. The molecule has 1 aromatic heterocycles. The fourth-order valence-corrected chi connectivity index (χ4v) is 3.86. The predicted molar refractivity (Wildman–Crippen MR) is 104 cm³/mol. The Morgan fingerprint density at radius 2 is 2.04 bits per heavy atom. The van der Waals surface area contributed by atoms with Gasteiger partial charge in [0.25, 0.3) is 5.56 Å². The summed E-state index contributed by atoms with van der Waals surface area (Å²) in [5, 5.41) is 4.28. The SMILES string of the molecule is O=C(Cn1cnc2ccccc2c1=O)NCCN1C(=O)N=C2C=CSC2C1=O. The molecule has 1 unspecified atom stereocenters. The summed E-state index contributed by atoms with van der Waals surface area (Å²) in [4.78, 5) is 58.0. The number of para-hydroxylation sites is 1. The molecule has 4 rings (SSSR count). The topological polar surface area (TPSA) is 114 Å². The van der Waals surface area contributed by atoms with E-state index >= 15 is 0 Å². The number of amides is 4. The molecule has 1 atom stereocenters. The van der Waals surface area contributed by atoms with Gasteiger partial charge in [0, 0.05) is 13.1 Å². The Kier molecular flexibility index (Phi) is 4.78. The van der Waals surface area contributed by atoms with Crippen LogP contribution in [0.1, 0.15) is 0 Å². The second kappa shape index (κ2) is 7.39. The lowest BCUT2D eigenvalue weighted by atomic mass is 10.2. The molecule has 0 radical (unpaired) electrons. The molecule has 0 bridgehead atoms. The van der Waals surface area contributed by atoms with Crippen molar-refractivity contribution in [1.29, 1.82) is 0 Å². The Labute approximate surface area is 163 Å². The molecule has 28 heavy (non-hydrogen) atoms. The molecule has 10 heteroatoms. The van der Waals surface area contributed by atoms with Crippen molar-refractivity contribution in [3.05, 3.63) is 52.4 Å². The number of allylic oxidation sites excluding steroid dienone is 1. The average Bonchev–Trinajstić information content (AvgIpc) is 3.15. The molecule has 1 aromatic carbocycles. The van der Waals surface area contributed by atoms with E-state index in [0.29, 0.717) is 16.6 Å². The van der Waals surface area contributed by atoms with Crippen LogP contribution < -0.4 is 10.9 Å². The number of benzene rings is 1. The van der Waals surface area contributed by atoms with E-state index < -0.39 is 17.2 Å². The lowest BCUT2D eigenvalue weighted by Gasteiger charge is -2.25. The van der Waals surface area contributed by atoms with E-state index in [1.807, 2.05) is 0 Å². The van der Waals surface area contributed by atoms with Crippen LogP contribution in [-0.2, 0) is 16.1 Å². The molecule has 0 spiro atoms. The third-order valence-corrected chi connectivity index (χ3v) is 5.38. The smallest absolute Gasteiger partial charge is 0.350 e. The molecule has 1 N–H and O–H groups in total. The molecule has 2 aliphatic rings. The highest BCUT2D eigenvalue weighted by Gasteiger charge is 2.38. The first-order valence-corrected chi connectivity index (χ1v) is 9.46. The van der Waals surface area contributed by atoms with E-state index in [0.717, 1.165) is 4.90 Å². The first kappa shape index (κ1) is 18.1. The summed E-state index contributed by atoms with van der Waals surface area (Å²) in [5.74, 6) is -0.758. The van der Waals surface area contributed by atoms with E-state index in [1.54, 1.807) is 35.7 Å². The number of aliphatic imine (C=N–C) groups is 1. The zero-order chi connectivity index (χ0) is 19.7. The van der Waals surface area contributed by atoms with Gasteiger partial charge in [-0.05, 0) is 23.6 Å². The molecular weight excluding hydrogens is 382 g/mol. The molecule has 0 saturated heterocycles. The second-order valence-electron chi connectivity index (χ2n) is 6.17. The molecule has 142 valence electrons. The van der Waals surface area contributed by atoms with Crippen molar-refractivity contribution >= 4 is 46.2 Å². The maximum Gasteiger partial charge on any atom is 0.350 e. The summed E-state index contributed by atoms with van der Waals surface area (Å²) >= 11 is 1.30. The van der Waals surface area contributed by atoms with Gasteiger partial charge in [-0.2, -0.15) is 4.99 Å². The van der Waals surface area contributed by atoms with E-state index in [1.165, 1.54) is 22.7 Å². The molecule has 3 heterocycles. The number of imide groups is 1. The highest BCUT2D eigenvalue weighted by atomic mass is 32.2. The second-order valence-corrected chi connectivity index (χ2v) is 7.19. The van der Waals surface area contributed by atoms with Gasteiger partial charge in [0.1, 0.15) is 11.8 Å². The average molecular weight is 397 g/mol. The maximum absolute atomic E-state index is 12.4. The van der Waals surface area contributed by atoms with Gasteiger partial charge in [-0.15, -0.1) is 11.8 Å². The standard InChI is InChI=1S/C18H15N5O4S/c24-14(9-22-10-20-12-4-2-1-3-11(12)16(22)25)19-6-7-23-17(26)15-13(5-8-28-15)21-18(23)27/h1-5,8,10,15H,6-7,9H2,(H,19,24). The normalized spacial score (nSPS) is 18.4. The third-order valence-electron chi connectivity index (χ3n) is 4.37. The van der Waals surface area contributed by atoms with Gasteiger partial charge in [0.05, 0.1) is 22.9 Å². The number of fused-ring (bicyclic) bond motifs is 2. The Morgan fingerprint density at radius 1 is 1.21 bits per heavy atom. The largest absolute Gasteiger partial charge is 0.353 e. The molecule has 2 aliphatic heterocycles. The van der Waals surface area contributed by atoms with Gasteiger partial charge in [-0.25, -0.2) is 9.78 Å². The number of carbonyl (C=O) groups is 3. The third kappa shape index (κ3) is 3.33. The molecule has 2 aromatic rings. The van der Waals surface area contributed by atoms with Crippen molar-refractivity contribution in [1.82, 2.24) is 19.8 Å². The van der Waals surface area contributed by atoms with Crippen LogP contribution in [0.4, 0.5) is 4.79 Å². The van der Waals surface area contributed by atoms with Crippen molar-refractivity contribution in [2.24, 2.45) is 4.99 Å². The monoisotopic (exact) mass is 397 g/mol. The van der Waals surface area contributed by atoms with Crippen molar-refractivity contribution in [2.75, 3.05) is 13.1 Å². The Balaban J connectivity index is 1.35. The summed E-state index contributed by atoms with van der Waals surface area (Å²) in [5.41, 5.74) is 0.712. The van der Waals surface area contributed by atoms with Crippen molar-refractivity contribution in [3.8, 4) is 0 Å². The molecule has 0 saturated carbocycles. The minimum absolute atomic E-state index is 0.0160. The number of rotatable bonds is 5. The molecular formula is C18H15N5O4S. The summed E-state index contributed by atoms with van der Waals surface area (Å²) < 4.78 is 1.21. The van der Waals surface area contributed by atoms with Crippen LogP contribution in [0, 0.1) is 0 Å². The fraction of sp³-hybridized carbons (Fsp3) is 0.222. The van der Waals surface area contributed by atoms with Crippen molar-refractivity contribution in [3.63, 3.8) is 0 Å². The van der Waals surface area contributed by atoms with E-state index in [-0.39, 0.29) is 31.1 Å². The van der Waals surface area contributed by atoms with E-state index in [2.05, 4.69) is 15.3 Å². The number of nitrogens with one attached hydrogen (secondary N) is 1. The van der Waals surface area contributed by atoms with Crippen LogP contribution in [0.2, 0.25) is 0 Å². The van der Waals surface area contributed by atoms with Crippen LogP contribution in [0.3, 0.4) is 0 Å². The van der Waals surface area contributed by atoms with E-state index in [9.17, 15) is 19.2 Å². The highest BCUT2D eigenvalue weighted by Crippen LogP contribution is 2.27. The van der Waals surface area contributed by atoms with Gasteiger partial charge >= 0.3 is 6.03 Å². The number of urea groups is 1. The lowest BCUT2D eigenvalue weighted by molar-refractivity contribution is -0.127. The van der Waals surface area contributed by atoms with Gasteiger partial charge in [-0.3, -0.25) is 23.9 Å². The molecule has 4 amide bonds. The summed E-state index contributed by atoms with van der Waals surface area (Å²) in [7, 11) is 0. The first-order chi connectivity index (χ1) is 13.5. The summed E-state index contributed by atoms with van der Waals surface area (Å²) in [6.45, 7) is -0.118. The zero-order valence-corrected chi connectivity index (χ0v) is 15.4. The quantitative estimate of drug-likeness (QED) is 0.788. The number of thioether (sulfide) groups is 1. The molecule has 9 nitrogen and oxygen atoms in total. The lowest BCUT2D eigenvalue weighted by Crippen LogP contribution is -2.49. The van der Waals surface area contributed by atoms with Crippen molar-refractivity contribution in [2.45, 2.75) is 11.8 Å². The number of hydrogen-bond acceptors (Lipinski definition) is 6. The van der Waals surface area contributed by atoms with Gasteiger partial charge < -0.3 is 5.32 Å². The molecule has 0 fully saturated rings. The number of hydrogen-bond donors (Lipinski definition) is 1. The van der Waals surface area contributed by atoms with Gasteiger partial charge in [0.15, 0.2) is 0 Å². The number of aromatic nitrogens is 2. The molecule has 0 aliphatic carbocycles. The highest BCUT2D eigenvalue weighted by molar-refractivity contribution is 8.04. The zero-order valence-electron chi connectivity index (χ0n) is 14.6. The van der Waals surface area contributed by atoms with Crippen LogP contribution in [-0.4, -0.2) is 56.3 Å². The fourth-order valence-electron chi connectivity index (χ4n) is 2.97. The number of nitrogens with zero attached hydrogens (tertiary/aromatic N) is 4. The predicted octanol–water partition coefficient (Wildman–Crippen LogP) is 0.545.